The molecule has 0 spiro atoms. The quantitative estimate of drug-likeness (QED) is 0.143. The summed E-state index contributed by atoms with van der Waals surface area (Å²) in [5.41, 5.74) is 19.2. The first-order valence-corrected chi connectivity index (χ1v) is 21.8. The van der Waals surface area contributed by atoms with Gasteiger partial charge in [-0.2, -0.15) is 0 Å². The van der Waals surface area contributed by atoms with E-state index in [-0.39, 0.29) is 5.41 Å². The van der Waals surface area contributed by atoms with Crippen LogP contribution in [0.25, 0.3) is 55.3 Å². The van der Waals surface area contributed by atoms with E-state index in [0.717, 1.165) is 34.1 Å². The third-order valence-electron chi connectivity index (χ3n) is 12.9. The number of anilines is 6. The van der Waals surface area contributed by atoms with E-state index >= 15 is 0 Å². The van der Waals surface area contributed by atoms with Crippen LogP contribution in [0.3, 0.4) is 0 Å². The first-order valence-electron chi connectivity index (χ1n) is 21.8. The van der Waals surface area contributed by atoms with Crippen molar-refractivity contribution in [1.29, 1.82) is 0 Å². The highest BCUT2D eigenvalue weighted by molar-refractivity contribution is 6.06. The molecule has 0 fully saturated rings. The standard InChI is InChI=1S/C61H46N2/c1-61(2)58-29-13-12-25-55(58)56-40-39-52(42-59(56)61)62(48-22-10-5-11-23-48)49-37-33-46(34-38-49)53-26-15-28-57-54(53)27-16-30-60(57)63(50-35-31-45(32-36-50)43-17-6-3-7-18-43)51-24-14-21-47(41-51)44-19-8-4-9-20-44/h3-42H,1-2H3. The lowest BCUT2D eigenvalue weighted by Crippen LogP contribution is -2.16. The van der Waals surface area contributed by atoms with Crippen LogP contribution in [0.15, 0.2) is 243 Å². The molecule has 0 saturated heterocycles. The van der Waals surface area contributed by atoms with Crippen molar-refractivity contribution >= 4 is 44.9 Å². The van der Waals surface area contributed by atoms with Gasteiger partial charge in [-0.25, -0.2) is 0 Å². The van der Waals surface area contributed by atoms with Crippen LogP contribution in [-0.4, -0.2) is 0 Å². The molecule has 11 rings (SSSR count). The van der Waals surface area contributed by atoms with Crippen molar-refractivity contribution < 1.29 is 0 Å². The molecular weight excluding hydrogens is 761 g/mol. The molecule has 0 amide bonds. The fraction of sp³-hybridized carbons (Fsp3) is 0.0492. The van der Waals surface area contributed by atoms with Crippen LogP contribution >= 0.6 is 0 Å². The predicted molar refractivity (Wildman–Crippen MR) is 267 cm³/mol. The molecule has 10 aromatic rings. The molecule has 0 saturated carbocycles. The number of benzene rings is 10. The molecule has 0 radical (unpaired) electrons. The average Bonchev–Trinajstić information content (AvgIpc) is 3.58. The van der Waals surface area contributed by atoms with Gasteiger partial charge >= 0.3 is 0 Å². The molecule has 10 aromatic carbocycles. The van der Waals surface area contributed by atoms with Gasteiger partial charge in [0.15, 0.2) is 0 Å². The maximum atomic E-state index is 2.41. The SMILES string of the molecule is CC1(C)c2ccccc2-c2ccc(N(c3ccccc3)c3ccc(-c4cccc5c(N(c6ccc(-c7ccccc7)cc6)c6cccc(-c7ccccc7)c6)cccc45)cc3)cc21. The summed E-state index contributed by atoms with van der Waals surface area (Å²) in [5.74, 6) is 0. The Kier molecular flexibility index (Phi) is 9.55. The van der Waals surface area contributed by atoms with E-state index in [4.69, 9.17) is 0 Å². The molecule has 0 bridgehead atoms. The Balaban J connectivity index is 0.997. The Morgan fingerprint density at radius 2 is 0.730 bits per heavy atom. The second-order valence-corrected chi connectivity index (χ2v) is 17.0. The summed E-state index contributed by atoms with van der Waals surface area (Å²) in [6.07, 6.45) is 0. The van der Waals surface area contributed by atoms with Crippen LogP contribution in [0, 0.1) is 0 Å². The molecule has 0 N–H and O–H groups in total. The molecular formula is C61H46N2. The minimum Gasteiger partial charge on any atom is -0.310 e. The summed E-state index contributed by atoms with van der Waals surface area (Å²) in [6.45, 7) is 4.70. The molecule has 0 aliphatic heterocycles. The Hall–Kier alpha value is -7.94. The summed E-state index contributed by atoms with van der Waals surface area (Å²) < 4.78 is 0. The number of nitrogens with zero attached hydrogens (tertiary/aromatic N) is 2. The fourth-order valence-electron chi connectivity index (χ4n) is 9.70. The summed E-state index contributed by atoms with van der Waals surface area (Å²) in [4.78, 5) is 4.79. The van der Waals surface area contributed by atoms with Crippen LogP contribution in [0.2, 0.25) is 0 Å². The van der Waals surface area contributed by atoms with E-state index in [1.165, 1.54) is 66.4 Å². The van der Waals surface area contributed by atoms with Crippen molar-refractivity contribution in [3.05, 3.63) is 254 Å². The monoisotopic (exact) mass is 806 g/mol. The van der Waals surface area contributed by atoms with Gasteiger partial charge in [0.05, 0.1) is 5.69 Å². The maximum absolute atomic E-state index is 2.41. The van der Waals surface area contributed by atoms with Gasteiger partial charge in [-0.1, -0.05) is 190 Å². The van der Waals surface area contributed by atoms with Gasteiger partial charge in [-0.15, -0.1) is 0 Å². The van der Waals surface area contributed by atoms with Gasteiger partial charge in [0, 0.05) is 39.2 Å². The molecule has 63 heavy (non-hydrogen) atoms. The predicted octanol–water partition coefficient (Wildman–Crippen LogP) is 17.1. The maximum Gasteiger partial charge on any atom is 0.0540 e. The van der Waals surface area contributed by atoms with Crippen molar-refractivity contribution in [2.24, 2.45) is 0 Å². The van der Waals surface area contributed by atoms with Gasteiger partial charge < -0.3 is 9.80 Å². The minimum absolute atomic E-state index is 0.0900. The Morgan fingerprint density at radius 3 is 1.46 bits per heavy atom. The fourth-order valence-corrected chi connectivity index (χ4v) is 9.70. The van der Waals surface area contributed by atoms with Crippen LogP contribution in [0.5, 0.6) is 0 Å². The highest BCUT2D eigenvalue weighted by atomic mass is 15.1. The van der Waals surface area contributed by atoms with Gasteiger partial charge in [0.2, 0.25) is 0 Å². The molecule has 0 heterocycles. The molecule has 1 aliphatic carbocycles. The van der Waals surface area contributed by atoms with E-state index in [0.29, 0.717) is 0 Å². The molecule has 0 aromatic heterocycles. The van der Waals surface area contributed by atoms with E-state index in [9.17, 15) is 0 Å². The van der Waals surface area contributed by atoms with Crippen LogP contribution in [0.1, 0.15) is 25.0 Å². The lowest BCUT2D eigenvalue weighted by atomic mass is 9.82. The van der Waals surface area contributed by atoms with Crippen molar-refractivity contribution in [1.82, 2.24) is 0 Å². The number of fused-ring (bicyclic) bond motifs is 4. The first-order chi connectivity index (χ1) is 31.0. The second kappa shape index (κ2) is 15.8. The van der Waals surface area contributed by atoms with Crippen LogP contribution < -0.4 is 9.80 Å². The normalized spacial score (nSPS) is 12.4. The van der Waals surface area contributed by atoms with Gasteiger partial charge in [0.1, 0.15) is 0 Å². The zero-order valence-electron chi connectivity index (χ0n) is 35.5. The van der Waals surface area contributed by atoms with E-state index < -0.39 is 0 Å². The highest BCUT2D eigenvalue weighted by Crippen LogP contribution is 2.51. The average molecular weight is 807 g/mol. The van der Waals surface area contributed by atoms with Crippen molar-refractivity contribution in [2.45, 2.75) is 19.3 Å². The van der Waals surface area contributed by atoms with Gasteiger partial charge in [-0.3, -0.25) is 0 Å². The molecule has 0 atom stereocenters. The smallest absolute Gasteiger partial charge is 0.0540 e. The van der Waals surface area contributed by atoms with Crippen molar-refractivity contribution in [3.8, 4) is 44.5 Å². The number of rotatable bonds is 9. The summed E-state index contributed by atoms with van der Waals surface area (Å²) in [6, 6.07) is 88.2. The zero-order chi connectivity index (χ0) is 42.3. The van der Waals surface area contributed by atoms with Crippen LogP contribution in [0.4, 0.5) is 34.1 Å². The summed E-state index contributed by atoms with van der Waals surface area (Å²) in [5, 5.41) is 2.39. The zero-order valence-corrected chi connectivity index (χ0v) is 35.5. The van der Waals surface area contributed by atoms with Crippen LogP contribution in [-0.2, 0) is 5.41 Å². The molecule has 2 nitrogen and oxygen atoms in total. The Labute approximate surface area is 370 Å². The molecule has 300 valence electrons. The third-order valence-corrected chi connectivity index (χ3v) is 12.9. The number of para-hydroxylation sites is 1. The highest BCUT2D eigenvalue weighted by Gasteiger charge is 2.35. The molecule has 1 aliphatic rings. The molecule has 0 unspecified atom stereocenters. The van der Waals surface area contributed by atoms with E-state index in [1.54, 1.807) is 0 Å². The Bertz CT molecular complexity index is 3230. The summed E-state index contributed by atoms with van der Waals surface area (Å²) >= 11 is 0. The lowest BCUT2D eigenvalue weighted by Gasteiger charge is -2.28. The minimum atomic E-state index is -0.0900. The third kappa shape index (κ3) is 6.87. The topological polar surface area (TPSA) is 6.48 Å². The summed E-state index contributed by atoms with van der Waals surface area (Å²) in [7, 11) is 0. The van der Waals surface area contributed by atoms with Crippen molar-refractivity contribution in [3.63, 3.8) is 0 Å². The van der Waals surface area contributed by atoms with E-state index in [2.05, 4.69) is 266 Å². The van der Waals surface area contributed by atoms with Gasteiger partial charge in [-0.05, 0) is 128 Å². The van der Waals surface area contributed by atoms with E-state index in [1.807, 2.05) is 0 Å². The second-order valence-electron chi connectivity index (χ2n) is 17.0. The number of hydrogen-bond acceptors (Lipinski definition) is 2. The molecule has 2 heteroatoms. The van der Waals surface area contributed by atoms with Gasteiger partial charge in [0.25, 0.3) is 0 Å². The first kappa shape index (κ1) is 38.0. The van der Waals surface area contributed by atoms with Crippen molar-refractivity contribution in [2.75, 3.05) is 9.80 Å². The lowest BCUT2D eigenvalue weighted by molar-refractivity contribution is 0.660. The number of hydrogen-bond donors (Lipinski definition) is 0. The largest absolute Gasteiger partial charge is 0.310 e. The Morgan fingerprint density at radius 1 is 0.270 bits per heavy atom.